The van der Waals surface area contributed by atoms with Crippen molar-refractivity contribution in [1.29, 1.82) is 5.26 Å². The maximum atomic E-state index is 11.6. The predicted octanol–water partition coefficient (Wildman–Crippen LogP) is 1.73. The molecule has 0 unspecified atom stereocenters. The number of rotatable bonds is 3. The molecular weight excluding hydrogens is 240 g/mol. The molecule has 4 nitrogen and oxygen atoms in total. The number of carbonyl (C=O) groups is 2. The molecule has 4 heteroatoms. The summed E-state index contributed by atoms with van der Waals surface area (Å²) >= 11 is 0. The number of nitriles is 1. The van der Waals surface area contributed by atoms with Crippen LogP contribution in [0, 0.1) is 11.3 Å². The van der Waals surface area contributed by atoms with Crippen LogP contribution in [0.25, 0.3) is 6.08 Å². The first-order valence-corrected chi connectivity index (χ1v) is 5.61. The van der Waals surface area contributed by atoms with Gasteiger partial charge in [-0.05, 0) is 17.7 Å². The number of nitrogens with zero attached hydrogens (tertiary/aromatic N) is 1. The van der Waals surface area contributed by atoms with Gasteiger partial charge in [-0.2, -0.15) is 5.26 Å². The molecule has 0 fully saturated rings. The van der Waals surface area contributed by atoms with Crippen LogP contribution < -0.4 is 5.32 Å². The number of nitrogens with one attached hydrogen (secondary N) is 1. The molecule has 0 aromatic heterocycles. The molecular formula is C15H10N2O2. The van der Waals surface area contributed by atoms with Gasteiger partial charge in [0.05, 0.1) is 17.2 Å². The topological polar surface area (TPSA) is 70.0 Å². The van der Waals surface area contributed by atoms with Crippen molar-refractivity contribution < 1.29 is 9.59 Å². The zero-order valence-corrected chi connectivity index (χ0v) is 9.96. The Bertz CT molecular complexity index is 646. The van der Waals surface area contributed by atoms with E-state index in [0.29, 0.717) is 0 Å². The second-order valence-corrected chi connectivity index (χ2v) is 3.82. The van der Waals surface area contributed by atoms with Crippen molar-refractivity contribution in [2.45, 2.75) is 0 Å². The lowest BCUT2D eigenvalue weighted by Gasteiger charge is -1.93. The van der Waals surface area contributed by atoms with Crippen molar-refractivity contribution in [3.05, 3.63) is 65.3 Å². The second-order valence-electron chi connectivity index (χ2n) is 3.82. The van der Waals surface area contributed by atoms with Crippen LogP contribution in [0.15, 0.2) is 59.7 Å². The van der Waals surface area contributed by atoms with E-state index in [1.54, 1.807) is 18.2 Å². The first kappa shape index (κ1) is 12.5. The zero-order chi connectivity index (χ0) is 13.7. The highest BCUT2D eigenvalue weighted by atomic mass is 16.2. The van der Waals surface area contributed by atoms with Gasteiger partial charge in [-0.25, -0.2) is 0 Å². The maximum Gasteiger partial charge on any atom is 0.258 e. The predicted molar refractivity (Wildman–Crippen MR) is 70.4 cm³/mol. The van der Waals surface area contributed by atoms with Crippen LogP contribution in [0.1, 0.15) is 5.56 Å². The Kier molecular flexibility index (Phi) is 3.70. The quantitative estimate of drug-likeness (QED) is 0.656. The number of benzene rings is 1. The van der Waals surface area contributed by atoms with Gasteiger partial charge in [-0.15, -0.1) is 0 Å². The summed E-state index contributed by atoms with van der Waals surface area (Å²) in [6.45, 7) is 0. The molecule has 19 heavy (non-hydrogen) atoms. The van der Waals surface area contributed by atoms with Crippen molar-refractivity contribution in [3.8, 4) is 6.07 Å². The fraction of sp³-hybridized carbons (Fsp3) is 0. The molecule has 1 aliphatic rings. The molecule has 0 bridgehead atoms. The summed E-state index contributed by atoms with van der Waals surface area (Å²) in [6.07, 6.45) is 5.83. The van der Waals surface area contributed by atoms with Crippen LogP contribution in [0.4, 0.5) is 0 Å². The van der Waals surface area contributed by atoms with Gasteiger partial charge in [0, 0.05) is 6.08 Å². The Morgan fingerprint density at radius 1 is 0.947 bits per heavy atom. The molecule has 1 heterocycles. The highest BCUT2D eigenvalue weighted by Gasteiger charge is 2.26. The van der Waals surface area contributed by atoms with E-state index in [2.05, 4.69) is 5.32 Å². The minimum atomic E-state index is -0.482. The lowest BCUT2D eigenvalue weighted by Crippen LogP contribution is -2.22. The van der Waals surface area contributed by atoms with E-state index in [0.717, 1.165) is 5.56 Å². The SMILES string of the molecule is N#CC=CC1=C(C=Cc2ccccc2)C(=O)NC1=O. The minimum absolute atomic E-state index is 0.207. The Balaban J connectivity index is 2.35. The van der Waals surface area contributed by atoms with E-state index >= 15 is 0 Å². The summed E-state index contributed by atoms with van der Waals surface area (Å²) in [6, 6.07) is 11.2. The molecule has 2 rings (SSSR count). The summed E-state index contributed by atoms with van der Waals surface area (Å²) < 4.78 is 0. The number of amides is 2. The normalized spacial score (nSPS) is 15.3. The van der Waals surface area contributed by atoms with E-state index in [1.165, 1.54) is 12.2 Å². The van der Waals surface area contributed by atoms with Crippen LogP contribution in [0.3, 0.4) is 0 Å². The standard InChI is InChI=1S/C15H10N2O2/c16-10-4-7-12-13(15(19)17-14(12)18)9-8-11-5-2-1-3-6-11/h1-9H,(H,17,18,19). The third-order valence-electron chi connectivity index (χ3n) is 2.57. The van der Waals surface area contributed by atoms with Crippen LogP contribution in [0.2, 0.25) is 0 Å². The average Bonchev–Trinajstić information content (AvgIpc) is 2.69. The van der Waals surface area contributed by atoms with Gasteiger partial charge in [0.15, 0.2) is 0 Å². The van der Waals surface area contributed by atoms with Gasteiger partial charge < -0.3 is 0 Å². The summed E-state index contributed by atoms with van der Waals surface area (Å²) in [4.78, 5) is 23.1. The lowest BCUT2D eigenvalue weighted by molar-refractivity contribution is -0.123. The summed E-state index contributed by atoms with van der Waals surface area (Å²) in [5, 5.41) is 10.7. The van der Waals surface area contributed by atoms with Crippen LogP contribution in [-0.2, 0) is 9.59 Å². The molecule has 1 N–H and O–H groups in total. The van der Waals surface area contributed by atoms with E-state index in [9.17, 15) is 9.59 Å². The third-order valence-corrected chi connectivity index (χ3v) is 2.57. The number of hydrogen-bond donors (Lipinski definition) is 1. The average molecular weight is 250 g/mol. The van der Waals surface area contributed by atoms with Crippen molar-refractivity contribution in [2.24, 2.45) is 0 Å². The van der Waals surface area contributed by atoms with Gasteiger partial charge in [-0.1, -0.05) is 36.4 Å². The van der Waals surface area contributed by atoms with Crippen LogP contribution in [-0.4, -0.2) is 11.8 Å². The van der Waals surface area contributed by atoms with Gasteiger partial charge in [-0.3, -0.25) is 14.9 Å². The molecule has 0 atom stereocenters. The Labute approximate surface area is 110 Å². The summed E-state index contributed by atoms with van der Waals surface area (Å²) in [5.74, 6) is -0.931. The van der Waals surface area contributed by atoms with Crippen molar-refractivity contribution in [2.75, 3.05) is 0 Å². The van der Waals surface area contributed by atoms with E-state index < -0.39 is 11.8 Å². The van der Waals surface area contributed by atoms with E-state index in [-0.39, 0.29) is 11.1 Å². The number of allylic oxidation sites excluding steroid dienone is 1. The zero-order valence-electron chi connectivity index (χ0n) is 9.96. The molecule has 1 aromatic carbocycles. The highest BCUT2D eigenvalue weighted by Crippen LogP contribution is 2.16. The minimum Gasteiger partial charge on any atom is -0.288 e. The lowest BCUT2D eigenvalue weighted by atomic mass is 10.1. The first-order chi connectivity index (χ1) is 9.22. The van der Waals surface area contributed by atoms with Crippen molar-refractivity contribution in [3.63, 3.8) is 0 Å². The van der Waals surface area contributed by atoms with Crippen LogP contribution >= 0.6 is 0 Å². The number of carbonyl (C=O) groups excluding carboxylic acids is 2. The monoisotopic (exact) mass is 250 g/mol. The van der Waals surface area contributed by atoms with Crippen molar-refractivity contribution in [1.82, 2.24) is 5.32 Å². The van der Waals surface area contributed by atoms with E-state index in [4.69, 9.17) is 5.26 Å². The van der Waals surface area contributed by atoms with Crippen LogP contribution in [0.5, 0.6) is 0 Å². The molecule has 2 amide bonds. The molecule has 0 saturated carbocycles. The van der Waals surface area contributed by atoms with Gasteiger partial charge in [0.2, 0.25) is 0 Å². The largest absolute Gasteiger partial charge is 0.288 e. The summed E-state index contributed by atoms with van der Waals surface area (Å²) in [5.41, 5.74) is 1.39. The fourth-order valence-electron chi connectivity index (χ4n) is 1.68. The Hall–Kier alpha value is -2.93. The maximum absolute atomic E-state index is 11.6. The first-order valence-electron chi connectivity index (χ1n) is 5.61. The molecule has 1 aliphatic heterocycles. The molecule has 0 saturated heterocycles. The molecule has 0 radical (unpaired) electrons. The smallest absolute Gasteiger partial charge is 0.258 e. The Morgan fingerprint density at radius 3 is 2.21 bits per heavy atom. The molecule has 1 aromatic rings. The van der Waals surface area contributed by atoms with Gasteiger partial charge >= 0.3 is 0 Å². The number of hydrogen-bond acceptors (Lipinski definition) is 3. The second kappa shape index (κ2) is 5.61. The number of imide groups is 1. The van der Waals surface area contributed by atoms with E-state index in [1.807, 2.05) is 30.3 Å². The highest BCUT2D eigenvalue weighted by molar-refractivity contribution is 6.22. The van der Waals surface area contributed by atoms with Gasteiger partial charge in [0.25, 0.3) is 11.8 Å². The fourth-order valence-corrected chi connectivity index (χ4v) is 1.68. The van der Waals surface area contributed by atoms with Crippen molar-refractivity contribution >= 4 is 17.9 Å². The molecule has 0 aliphatic carbocycles. The van der Waals surface area contributed by atoms with Gasteiger partial charge in [0.1, 0.15) is 0 Å². The Morgan fingerprint density at radius 2 is 1.58 bits per heavy atom. The summed E-state index contributed by atoms with van der Waals surface area (Å²) in [7, 11) is 0. The molecule has 92 valence electrons. The molecule has 0 spiro atoms. The third kappa shape index (κ3) is 2.85.